The maximum atomic E-state index is 13.2. The molecule has 27 heavy (non-hydrogen) atoms. The van der Waals surface area contributed by atoms with E-state index >= 15 is 0 Å². The summed E-state index contributed by atoms with van der Waals surface area (Å²) < 4.78 is 1.90. The van der Waals surface area contributed by atoms with Gasteiger partial charge in [0, 0.05) is 13.0 Å². The Morgan fingerprint density at radius 1 is 1.00 bits per heavy atom. The Labute approximate surface area is 162 Å². The smallest absolute Gasteiger partial charge is 0.261 e. The molecule has 2 aromatic carbocycles. The van der Waals surface area contributed by atoms with Gasteiger partial charge in [0.2, 0.25) is 0 Å². The number of hydrogen-bond acceptors (Lipinski definition) is 2. The largest absolute Gasteiger partial charge is 0.296 e. The van der Waals surface area contributed by atoms with Crippen LogP contribution < -0.4 is 5.56 Å². The van der Waals surface area contributed by atoms with Crippen LogP contribution in [0, 0.1) is 11.3 Å². The lowest BCUT2D eigenvalue weighted by atomic mass is 9.84. The molecule has 1 unspecified atom stereocenters. The Hall–Kier alpha value is -2.42. The van der Waals surface area contributed by atoms with Crippen LogP contribution in [0.1, 0.15) is 45.5 Å². The molecule has 0 saturated carbocycles. The number of fused-ring (bicyclic) bond motifs is 1. The molecule has 1 heterocycles. The summed E-state index contributed by atoms with van der Waals surface area (Å²) in [5.74, 6) is 1.38. The van der Waals surface area contributed by atoms with Crippen molar-refractivity contribution in [1.82, 2.24) is 9.55 Å². The minimum absolute atomic E-state index is 0.0782. The predicted molar refractivity (Wildman–Crippen MR) is 113 cm³/mol. The molecular weight excluding hydrogens is 332 g/mol. The lowest BCUT2D eigenvalue weighted by molar-refractivity contribution is 0.301. The summed E-state index contributed by atoms with van der Waals surface area (Å²) in [6.07, 6.45) is 2.77. The average molecular weight is 363 g/mol. The Balaban J connectivity index is 1.95. The third-order valence-corrected chi connectivity index (χ3v) is 4.90. The van der Waals surface area contributed by atoms with Crippen LogP contribution in [0.4, 0.5) is 0 Å². The first-order valence-electron chi connectivity index (χ1n) is 9.86. The van der Waals surface area contributed by atoms with Gasteiger partial charge >= 0.3 is 0 Å². The van der Waals surface area contributed by atoms with Crippen molar-refractivity contribution in [3.8, 4) is 0 Å². The minimum atomic E-state index is 0.0782. The van der Waals surface area contributed by atoms with E-state index in [0.29, 0.717) is 17.8 Å². The van der Waals surface area contributed by atoms with Gasteiger partial charge < -0.3 is 0 Å². The topological polar surface area (TPSA) is 34.9 Å². The molecule has 3 nitrogen and oxygen atoms in total. The zero-order chi connectivity index (χ0) is 19.4. The molecular formula is C24H30N2O. The van der Waals surface area contributed by atoms with E-state index in [4.69, 9.17) is 4.98 Å². The van der Waals surface area contributed by atoms with Crippen LogP contribution in [0.15, 0.2) is 59.4 Å². The fourth-order valence-corrected chi connectivity index (χ4v) is 3.92. The molecule has 0 saturated heterocycles. The molecule has 0 aliphatic rings. The maximum absolute atomic E-state index is 13.2. The molecule has 3 aromatic rings. The first kappa shape index (κ1) is 19.3. The van der Waals surface area contributed by atoms with Crippen molar-refractivity contribution in [3.63, 3.8) is 0 Å². The van der Waals surface area contributed by atoms with E-state index in [1.54, 1.807) is 0 Å². The van der Waals surface area contributed by atoms with E-state index in [1.807, 2.05) is 47.0 Å². The van der Waals surface area contributed by atoms with Crippen LogP contribution in [-0.4, -0.2) is 9.55 Å². The normalized spacial score (nSPS) is 13.0. The van der Waals surface area contributed by atoms with Crippen molar-refractivity contribution in [2.75, 3.05) is 0 Å². The number of nitrogens with zero attached hydrogens (tertiary/aromatic N) is 2. The van der Waals surface area contributed by atoms with Crippen LogP contribution in [-0.2, 0) is 19.4 Å². The van der Waals surface area contributed by atoms with Crippen LogP contribution in [0.5, 0.6) is 0 Å². The molecule has 0 aliphatic heterocycles. The highest BCUT2D eigenvalue weighted by atomic mass is 16.1. The molecule has 0 fully saturated rings. The Morgan fingerprint density at radius 3 is 2.37 bits per heavy atom. The summed E-state index contributed by atoms with van der Waals surface area (Å²) in [7, 11) is 0. The van der Waals surface area contributed by atoms with Gasteiger partial charge in [0.1, 0.15) is 5.82 Å². The van der Waals surface area contributed by atoms with Gasteiger partial charge in [0.25, 0.3) is 5.56 Å². The van der Waals surface area contributed by atoms with Crippen LogP contribution in [0.25, 0.3) is 10.9 Å². The number of rotatable bonds is 6. The van der Waals surface area contributed by atoms with Gasteiger partial charge in [-0.2, -0.15) is 0 Å². The molecule has 0 aliphatic carbocycles. The molecule has 1 atom stereocenters. The number of para-hydroxylation sites is 1. The van der Waals surface area contributed by atoms with Crippen molar-refractivity contribution >= 4 is 10.9 Å². The Morgan fingerprint density at radius 2 is 1.67 bits per heavy atom. The molecule has 0 radical (unpaired) electrons. The molecule has 0 bridgehead atoms. The molecule has 0 amide bonds. The first-order valence-corrected chi connectivity index (χ1v) is 9.86. The molecule has 3 heteroatoms. The lowest BCUT2D eigenvalue weighted by Gasteiger charge is -2.24. The fourth-order valence-electron chi connectivity index (χ4n) is 3.92. The molecule has 3 rings (SSSR count). The van der Waals surface area contributed by atoms with Gasteiger partial charge in [-0.05, 0) is 41.9 Å². The standard InChI is InChI=1S/C24H30N2O/c1-18(17-24(2,3)4)16-22-25-21-13-9-8-12-20(21)23(27)26(22)15-14-19-10-6-5-7-11-19/h5-13,18H,14-17H2,1-4H3. The second kappa shape index (κ2) is 8.08. The maximum Gasteiger partial charge on any atom is 0.261 e. The molecule has 0 spiro atoms. The van der Waals surface area contributed by atoms with Crippen molar-refractivity contribution in [2.24, 2.45) is 11.3 Å². The second-order valence-corrected chi connectivity index (χ2v) is 8.81. The van der Waals surface area contributed by atoms with Gasteiger partial charge in [-0.1, -0.05) is 70.2 Å². The zero-order valence-corrected chi connectivity index (χ0v) is 16.9. The lowest BCUT2D eigenvalue weighted by Crippen LogP contribution is -2.28. The van der Waals surface area contributed by atoms with Crippen LogP contribution in [0.3, 0.4) is 0 Å². The monoisotopic (exact) mass is 362 g/mol. The third kappa shape index (κ3) is 5.06. The summed E-state index contributed by atoms with van der Waals surface area (Å²) in [5, 5.41) is 0.706. The van der Waals surface area contributed by atoms with E-state index in [9.17, 15) is 4.79 Å². The summed E-state index contributed by atoms with van der Waals surface area (Å²) in [6, 6.07) is 18.0. The zero-order valence-electron chi connectivity index (χ0n) is 16.9. The molecule has 0 N–H and O–H groups in total. The van der Waals surface area contributed by atoms with Crippen molar-refractivity contribution in [2.45, 2.75) is 53.5 Å². The highest BCUT2D eigenvalue weighted by Gasteiger charge is 2.19. The van der Waals surface area contributed by atoms with Crippen molar-refractivity contribution < 1.29 is 0 Å². The van der Waals surface area contributed by atoms with E-state index in [-0.39, 0.29) is 11.0 Å². The average Bonchev–Trinajstić information content (AvgIpc) is 2.61. The van der Waals surface area contributed by atoms with Crippen molar-refractivity contribution in [3.05, 3.63) is 76.3 Å². The van der Waals surface area contributed by atoms with E-state index in [0.717, 1.165) is 30.6 Å². The SMILES string of the molecule is CC(Cc1nc2ccccc2c(=O)n1CCc1ccccc1)CC(C)(C)C. The van der Waals surface area contributed by atoms with Gasteiger partial charge in [-0.3, -0.25) is 9.36 Å². The second-order valence-electron chi connectivity index (χ2n) is 8.81. The number of aryl methyl sites for hydroxylation is 1. The summed E-state index contributed by atoms with van der Waals surface area (Å²) >= 11 is 0. The Kier molecular flexibility index (Phi) is 5.79. The summed E-state index contributed by atoms with van der Waals surface area (Å²) in [6.45, 7) is 9.71. The number of hydrogen-bond donors (Lipinski definition) is 0. The third-order valence-electron chi connectivity index (χ3n) is 4.90. The van der Waals surface area contributed by atoms with Gasteiger partial charge in [-0.25, -0.2) is 4.98 Å². The Bertz CT molecular complexity index is 952. The van der Waals surface area contributed by atoms with Gasteiger partial charge in [0.05, 0.1) is 10.9 Å². The van der Waals surface area contributed by atoms with Gasteiger partial charge in [0.15, 0.2) is 0 Å². The highest BCUT2D eigenvalue weighted by Crippen LogP contribution is 2.26. The highest BCUT2D eigenvalue weighted by molar-refractivity contribution is 5.77. The van der Waals surface area contributed by atoms with E-state index in [1.165, 1.54) is 5.56 Å². The summed E-state index contributed by atoms with van der Waals surface area (Å²) in [4.78, 5) is 18.0. The fraction of sp³-hybridized carbons (Fsp3) is 0.417. The van der Waals surface area contributed by atoms with E-state index in [2.05, 4.69) is 39.8 Å². The quantitative estimate of drug-likeness (QED) is 0.600. The first-order chi connectivity index (χ1) is 12.8. The van der Waals surface area contributed by atoms with E-state index < -0.39 is 0 Å². The number of aromatic nitrogens is 2. The molecule has 1 aromatic heterocycles. The molecule has 142 valence electrons. The number of benzene rings is 2. The predicted octanol–water partition coefficient (Wildman–Crippen LogP) is 5.25. The van der Waals surface area contributed by atoms with Gasteiger partial charge in [-0.15, -0.1) is 0 Å². The minimum Gasteiger partial charge on any atom is -0.296 e. The van der Waals surface area contributed by atoms with Crippen LogP contribution >= 0.6 is 0 Å². The summed E-state index contributed by atoms with van der Waals surface area (Å²) in [5.41, 5.74) is 2.39. The van der Waals surface area contributed by atoms with Crippen LogP contribution in [0.2, 0.25) is 0 Å². The van der Waals surface area contributed by atoms with Crippen molar-refractivity contribution in [1.29, 1.82) is 0 Å².